The first-order valence-electron chi connectivity index (χ1n) is 3.45. The Morgan fingerprint density at radius 1 is 1.64 bits per heavy atom. The lowest BCUT2D eigenvalue weighted by atomic mass is 10.1. The highest BCUT2D eigenvalue weighted by Gasteiger charge is 2.13. The van der Waals surface area contributed by atoms with Crippen molar-refractivity contribution in [1.29, 1.82) is 0 Å². The van der Waals surface area contributed by atoms with E-state index in [2.05, 4.69) is 21.2 Å². The van der Waals surface area contributed by atoms with E-state index in [1.54, 1.807) is 0 Å². The molecule has 1 aliphatic rings. The van der Waals surface area contributed by atoms with Crippen LogP contribution < -0.4 is 16.8 Å². The van der Waals surface area contributed by atoms with E-state index in [0.29, 0.717) is 13.1 Å². The van der Waals surface area contributed by atoms with Crippen molar-refractivity contribution in [3.8, 4) is 0 Å². The molecule has 5 N–H and O–H groups in total. The highest BCUT2D eigenvalue weighted by atomic mass is 79.9. The van der Waals surface area contributed by atoms with Crippen LogP contribution in [0.2, 0.25) is 0 Å². The zero-order valence-electron chi connectivity index (χ0n) is 6.45. The molecule has 0 saturated heterocycles. The smallest absolute Gasteiger partial charge is 0.0546 e. The summed E-state index contributed by atoms with van der Waals surface area (Å²) in [6.45, 7) is 3.19. The van der Waals surface area contributed by atoms with Crippen molar-refractivity contribution in [2.75, 3.05) is 13.1 Å². The Morgan fingerprint density at radius 2 is 2.27 bits per heavy atom. The number of hydrogen-bond acceptors (Lipinski definition) is 3. The summed E-state index contributed by atoms with van der Waals surface area (Å²) >= 11 is 3.42. The maximum atomic E-state index is 5.72. The lowest BCUT2D eigenvalue weighted by molar-refractivity contribution is 0.819. The Morgan fingerprint density at radius 3 is 2.73 bits per heavy atom. The van der Waals surface area contributed by atoms with Gasteiger partial charge in [0.25, 0.3) is 0 Å². The Kier molecular flexibility index (Phi) is 2.57. The first kappa shape index (κ1) is 8.62. The lowest BCUT2D eigenvalue weighted by Gasteiger charge is -2.19. The third kappa shape index (κ3) is 1.57. The molecule has 11 heavy (non-hydrogen) atoms. The predicted molar refractivity (Wildman–Crippen MR) is 49.9 cm³/mol. The average molecular weight is 218 g/mol. The minimum Gasteiger partial charge on any atom is -0.400 e. The standard InChI is InChI=1S/C7H12BrN3/c1-4-7(8)5(2-9)6(10)3-11-4/h11H,2-3,9-10H2,1H3. The summed E-state index contributed by atoms with van der Waals surface area (Å²) in [7, 11) is 0. The van der Waals surface area contributed by atoms with Crippen LogP contribution in [-0.4, -0.2) is 13.1 Å². The average Bonchev–Trinajstić information content (AvgIpc) is 1.99. The lowest BCUT2D eigenvalue weighted by Crippen LogP contribution is -2.28. The number of allylic oxidation sites excluding steroid dienone is 1. The third-order valence-corrected chi connectivity index (χ3v) is 2.80. The molecule has 0 atom stereocenters. The zero-order chi connectivity index (χ0) is 8.43. The summed E-state index contributed by atoms with van der Waals surface area (Å²) in [5.41, 5.74) is 14.2. The molecule has 4 heteroatoms. The fourth-order valence-corrected chi connectivity index (χ4v) is 1.56. The molecule has 3 nitrogen and oxygen atoms in total. The largest absolute Gasteiger partial charge is 0.400 e. The number of halogens is 1. The van der Waals surface area contributed by atoms with E-state index in [4.69, 9.17) is 11.5 Å². The predicted octanol–water partition coefficient (Wildman–Crippen LogP) is 0.388. The van der Waals surface area contributed by atoms with Crippen LogP contribution in [0, 0.1) is 0 Å². The van der Waals surface area contributed by atoms with Crippen molar-refractivity contribution >= 4 is 15.9 Å². The quantitative estimate of drug-likeness (QED) is 0.596. The molecule has 62 valence electrons. The van der Waals surface area contributed by atoms with Gasteiger partial charge < -0.3 is 16.8 Å². The Balaban J connectivity index is 3.00. The molecule has 1 rings (SSSR count). The van der Waals surface area contributed by atoms with Crippen LogP contribution in [-0.2, 0) is 0 Å². The molecular weight excluding hydrogens is 206 g/mol. The summed E-state index contributed by atoms with van der Waals surface area (Å²) in [4.78, 5) is 0. The second-order valence-corrected chi connectivity index (χ2v) is 3.29. The molecule has 0 aromatic carbocycles. The Bertz CT molecular complexity index is 230. The van der Waals surface area contributed by atoms with Gasteiger partial charge in [0.05, 0.1) is 6.54 Å². The van der Waals surface area contributed by atoms with Crippen LogP contribution in [0.15, 0.2) is 21.4 Å². The van der Waals surface area contributed by atoms with E-state index >= 15 is 0 Å². The fourth-order valence-electron chi connectivity index (χ4n) is 1.00. The SMILES string of the molecule is CC1=C(Br)C(CN)=C(N)CN1. The van der Waals surface area contributed by atoms with Gasteiger partial charge in [0, 0.05) is 28.0 Å². The molecule has 0 radical (unpaired) electrons. The highest BCUT2D eigenvalue weighted by Crippen LogP contribution is 2.23. The Hall–Kier alpha value is -0.480. The molecule has 0 spiro atoms. The first-order chi connectivity index (χ1) is 5.16. The summed E-state index contributed by atoms with van der Waals surface area (Å²) < 4.78 is 1.00. The molecular formula is C7H12BrN3. The van der Waals surface area contributed by atoms with Gasteiger partial charge in [-0.05, 0) is 22.9 Å². The molecule has 1 aliphatic heterocycles. The summed E-state index contributed by atoms with van der Waals surface area (Å²) in [5.74, 6) is 0. The highest BCUT2D eigenvalue weighted by molar-refractivity contribution is 9.12. The molecule has 0 saturated carbocycles. The van der Waals surface area contributed by atoms with E-state index in [9.17, 15) is 0 Å². The third-order valence-electron chi connectivity index (χ3n) is 1.73. The molecule has 0 unspecified atom stereocenters. The normalized spacial score (nSPS) is 18.8. The van der Waals surface area contributed by atoms with E-state index in [1.165, 1.54) is 0 Å². The van der Waals surface area contributed by atoms with Gasteiger partial charge in [0.1, 0.15) is 0 Å². The number of hydrogen-bond donors (Lipinski definition) is 3. The molecule has 0 aromatic rings. The number of dihydropyridines is 1. The van der Waals surface area contributed by atoms with Gasteiger partial charge in [-0.25, -0.2) is 0 Å². The van der Waals surface area contributed by atoms with Gasteiger partial charge in [-0.3, -0.25) is 0 Å². The second-order valence-electron chi connectivity index (χ2n) is 2.50. The summed E-state index contributed by atoms with van der Waals surface area (Å²) in [6.07, 6.45) is 0. The maximum absolute atomic E-state index is 5.72. The van der Waals surface area contributed by atoms with E-state index in [-0.39, 0.29) is 0 Å². The van der Waals surface area contributed by atoms with Crippen LogP contribution >= 0.6 is 15.9 Å². The van der Waals surface area contributed by atoms with Gasteiger partial charge in [-0.15, -0.1) is 0 Å². The van der Waals surface area contributed by atoms with Crippen LogP contribution in [0.5, 0.6) is 0 Å². The van der Waals surface area contributed by atoms with E-state index < -0.39 is 0 Å². The molecule has 0 aliphatic carbocycles. The number of rotatable bonds is 1. The van der Waals surface area contributed by atoms with Crippen molar-refractivity contribution in [2.24, 2.45) is 11.5 Å². The topological polar surface area (TPSA) is 64.1 Å². The van der Waals surface area contributed by atoms with Crippen LogP contribution in [0.1, 0.15) is 6.92 Å². The van der Waals surface area contributed by atoms with Crippen molar-refractivity contribution in [2.45, 2.75) is 6.92 Å². The first-order valence-corrected chi connectivity index (χ1v) is 4.24. The van der Waals surface area contributed by atoms with E-state index in [1.807, 2.05) is 6.92 Å². The van der Waals surface area contributed by atoms with Crippen LogP contribution in [0.25, 0.3) is 0 Å². The monoisotopic (exact) mass is 217 g/mol. The zero-order valence-corrected chi connectivity index (χ0v) is 8.03. The number of nitrogens with two attached hydrogens (primary N) is 2. The van der Waals surface area contributed by atoms with Crippen molar-refractivity contribution in [1.82, 2.24) is 5.32 Å². The van der Waals surface area contributed by atoms with Crippen molar-refractivity contribution < 1.29 is 0 Å². The van der Waals surface area contributed by atoms with Crippen molar-refractivity contribution in [3.63, 3.8) is 0 Å². The van der Waals surface area contributed by atoms with Gasteiger partial charge >= 0.3 is 0 Å². The number of nitrogens with one attached hydrogen (secondary N) is 1. The Labute approximate surface area is 74.6 Å². The maximum Gasteiger partial charge on any atom is 0.0546 e. The van der Waals surface area contributed by atoms with Crippen molar-refractivity contribution in [3.05, 3.63) is 21.4 Å². The second kappa shape index (κ2) is 3.28. The fraction of sp³-hybridized carbons (Fsp3) is 0.429. The molecule has 1 heterocycles. The van der Waals surface area contributed by atoms with E-state index in [0.717, 1.165) is 21.4 Å². The molecule has 0 aromatic heterocycles. The molecule has 0 bridgehead atoms. The molecule has 0 amide bonds. The van der Waals surface area contributed by atoms with Crippen LogP contribution in [0.3, 0.4) is 0 Å². The molecule has 0 fully saturated rings. The minimum absolute atomic E-state index is 0.492. The van der Waals surface area contributed by atoms with Gasteiger partial charge in [-0.2, -0.15) is 0 Å². The summed E-state index contributed by atoms with van der Waals surface area (Å²) in [6, 6.07) is 0. The van der Waals surface area contributed by atoms with Gasteiger partial charge in [0.2, 0.25) is 0 Å². The van der Waals surface area contributed by atoms with Gasteiger partial charge in [-0.1, -0.05) is 0 Å². The minimum atomic E-state index is 0.492. The summed E-state index contributed by atoms with van der Waals surface area (Å²) in [5, 5.41) is 3.14. The van der Waals surface area contributed by atoms with Crippen LogP contribution in [0.4, 0.5) is 0 Å². The van der Waals surface area contributed by atoms with Gasteiger partial charge in [0.15, 0.2) is 0 Å².